The van der Waals surface area contributed by atoms with Gasteiger partial charge in [0.15, 0.2) is 0 Å². The smallest absolute Gasteiger partial charge is 0.321 e. The highest BCUT2D eigenvalue weighted by Gasteiger charge is 2.31. The second-order valence-corrected chi connectivity index (χ2v) is 5.27. The van der Waals surface area contributed by atoms with Crippen LogP contribution in [-0.4, -0.2) is 14.7 Å². The van der Waals surface area contributed by atoms with E-state index in [1.165, 1.54) is 0 Å². The molecule has 0 saturated carbocycles. The van der Waals surface area contributed by atoms with Crippen molar-refractivity contribution in [3.8, 4) is 0 Å². The number of phosphoric acid groups is 1. The molecule has 0 heterocycles. The molecule has 0 aromatic heterocycles. The highest BCUT2D eigenvalue weighted by atomic mass is 31.3. The molecule has 1 unspecified atom stereocenters. The van der Waals surface area contributed by atoms with E-state index in [2.05, 4.69) is 10.9 Å². The van der Waals surface area contributed by atoms with Gasteiger partial charge in [-0.3, -0.25) is 4.57 Å². The summed E-state index contributed by atoms with van der Waals surface area (Å²) in [6.07, 6.45) is 0. The van der Waals surface area contributed by atoms with Gasteiger partial charge in [0, 0.05) is 5.31 Å². The first kappa shape index (κ1) is 11.0. The van der Waals surface area contributed by atoms with Crippen LogP contribution in [0.5, 0.6) is 0 Å². The summed E-state index contributed by atoms with van der Waals surface area (Å²) in [6, 6.07) is 0. The highest BCUT2D eigenvalue weighted by molar-refractivity contribution is 7.66. The predicted octanol–water partition coefficient (Wildman–Crippen LogP) is 0.815. The molecule has 0 radical (unpaired) electrons. The van der Waals surface area contributed by atoms with Crippen molar-refractivity contribution >= 4 is 15.4 Å². The minimum atomic E-state index is -4.92. The lowest BCUT2D eigenvalue weighted by atomic mass is 10.8. The highest BCUT2D eigenvalue weighted by Crippen LogP contribution is 2.60. The van der Waals surface area contributed by atoms with E-state index in [4.69, 9.17) is 14.7 Å². The molecule has 0 bridgehead atoms. The molecule has 0 aromatic rings. The van der Waals surface area contributed by atoms with Crippen molar-refractivity contribution in [2.75, 3.05) is 0 Å². The predicted molar refractivity (Wildman–Crippen MR) is 37.8 cm³/mol. The Balaban J connectivity index is 4.52. The van der Waals surface area contributed by atoms with Crippen LogP contribution >= 0.6 is 15.4 Å². The van der Waals surface area contributed by atoms with Gasteiger partial charge < -0.3 is 14.7 Å². The summed E-state index contributed by atoms with van der Waals surface area (Å²) in [6.45, 7) is 4.16. The van der Waals surface area contributed by atoms with Gasteiger partial charge in [0.1, 0.15) is 0 Å². The van der Waals surface area contributed by atoms with E-state index in [-0.39, 0.29) is 5.31 Å². The Kier molecular flexibility index (Phi) is 3.20. The Morgan fingerprint density at radius 3 is 1.82 bits per heavy atom. The number of allylic oxidation sites excluding steroid dienone is 1. The molecule has 6 nitrogen and oxygen atoms in total. The number of hydrogen-bond donors (Lipinski definition) is 3. The molecule has 1 atom stereocenters. The lowest BCUT2D eigenvalue weighted by Crippen LogP contribution is -1.87. The zero-order valence-electron chi connectivity index (χ0n) is 5.67. The molecule has 0 saturated heterocycles. The van der Waals surface area contributed by atoms with E-state index in [0.717, 1.165) is 6.92 Å². The van der Waals surface area contributed by atoms with Crippen LogP contribution in [0.25, 0.3) is 0 Å². The Bertz CT molecular complexity index is 251. The fourth-order valence-corrected chi connectivity index (χ4v) is 1.92. The van der Waals surface area contributed by atoms with E-state index in [9.17, 15) is 9.13 Å². The maximum atomic E-state index is 10.7. The third-order valence-corrected chi connectivity index (χ3v) is 3.40. The average Bonchev–Trinajstić information content (AvgIpc) is 1.56. The van der Waals surface area contributed by atoms with Gasteiger partial charge >= 0.3 is 15.4 Å². The van der Waals surface area contributed by atoms with Crippen LogP contribution < -0.4 is 0 Å². The van der Waals surface area contributed by atoms with Crippen molar-refractivity contribution < 1.29 is 28.1 Å². The van der Waals surface area contributed by atoms with Crippen LogP contribution in [0.3, 0.4) is 0 Å². The third-order valence-electron chi connectivity index (χ3n) is 0.699. The molecule has 0 rings (SSSR count). The van der Waals surface area contributed by atoms with Crippen molar-refractivity contribution in [2.45, 2.75) is 6.92 Å². The quantitative estimate of drug-likeness (QED) is 0.585. The van der Waals surface area contributed by atoms with Crippen LogP contribution in [0.2, 0.25) is 0 Å². The monoisotopic (exact) mass is 202 g/mol. The van der Waals surface area contributed by atoms with Crippen LogP contribution in [0.1, 0.15) is 6.92 Å². The van der Waals surface area contributed by atoms with Gasteiger partial charge in [-0.25, -0.2) is 8.88 Å². The SMILES string of the molecule is C=C(C)P(=O)(O)OP(=O)(O)O. The summed E-state index contributed by atoms with van der Waals surface area (Å²) in [5, 5.41) is -0.319. The van der Waals surface area contributed by atoms with Crippen LogP contribution in [0, 0.1) is 0 Å². The largest absolute Gasteiger partial charge is 0.477 e. The maximum Gasteiger partial charge on any atom is 0.477 e. The molecule has 3 N–H and O–H groups in total. The molecule has 0 aromatic carbocycles. The summed E-state index contributed by atoms with van der Waals surface area (Å²) < 4.78 is 24.3. The maximum absolute atomic E-state index is 10.7. The van der Waals surface area contributed by atoms with Crippen molar-refractivity contribution in [3.63, 3.8) is 0 Å². The minimum Gasteiger partial charge on any atom is -0.321 e. The van der Waals surface area contributed by atoms with Crippen molar-refractivity contribution in [1.29, 1.82) is 0 Å². The summed E-state index contributed by atoms with van der Waals surface area (Å²) in [5.41, 5.74) is 0. The summed E-state index contributed by atoms with van der Waals surface area (Å²) in [4.78, 5) is 24.9. The molecule has 0 amide bonds. The molecular formula is C3H8O6P2. The van der Waals surface area contributed by atoms with E-state index in [0.29, 0.717) is 0 Å². The zero-order valence-corrected chi connectivity index (χ0v) is 7.46. The summed E-state index contributed by atoms with van der Waals surface area (Å²) >= 11 is 0. The Hall–Kier alpha value is 0.0400. The van der Waals surface area contributed by atoms with Crippen LogP contribution in [0.4, 0.5) is 0 Å². The minimum absolute atomic E-state index is 0.319. The van der Waals surface area contributed by atoms with Gasteiger partial charge in [-0.05, 0) is 6.92 Å². The van der Waals surface area contributed by atoms with E-state index in [1.807, 2.05) is 0 Å². The molecule has 0 aliphatic carbocycles. The van der Waals surface area contributed by atoms with Crippen molar-refractivity contribution in [1.82, 2.24) is 0 Å². The second-order valence-electron chi connectivity index (χ2n) is 1.83. The van der Waals surface area contributed by atoms with Gasteiger partial charge in [0.25, 0.3) is 0 Å². The molecule has 0 aliphatic rings. The Labute approximate surface area is 63.3 Å². The van der Waals surface area contributed by atoms with Crippen molar-refractivity contribution in [2.24, 2.45) is 0 Å². The van der Waals surface area contributed by atoms with Crippen LogP contribution in [-0.2, 0) is 13.4 Å². The average molecular weight is 202 g/mol. The molecule has 66 valence electrons. The van der Waals surface area contributed by atoms with Crippen molar-refractivity contribution in [3.05, 3.63) is 11.9 Å². The lowest BCUT2D eigenvalue weighted by molar-refractivity contribution is 0.266. The molecule has 0 spiro atoms. The standard InChI is InChI=1S/C3H8O6P2/c1-3(2)10(4,5)9-11(6,7)8/h1H2,2H3,(H,4,5)(H2,6,7,8). The van der Waals surface area contributed by atoms with Gasteiger partial charge in [-0.2, -0.15) is 0 Å². The second kappa shape index (κ2) is 3.19. The third kappa shape index (κ3) is 4.48. The first-order valence-corrected chi connectivity index (χ1v) is 5.52. The molecular weight excluding hydrogens is 194 g/mol. The van der Waals surface area contributed by atoms with E-state index in [1.54, 1.807) is 0 Å². The Morgan fingerprint density at radius 2 is 1.73 bits per heavy atom. The molecule has 8 heteroatoms. The summed E-state index contributed by atoms with van der Waals surface area (Å²) in [7, 11) is -9.26. The molecule has 0 fully saturated rings. The zero-order chi connectivity index (χ0) is 9.28. The summed E-state index contributed by atoms with van der Waals surface area (Å²) in [5.74, 6) is 0. The van der Waals surface area contributed by atoms with E-state index < -0.39 is 15.4 Å². The van der Waals surface area contributed by atoms with Gasteiger partial charge in [-0.1, -0.05) is 6.58 Å². The van der Waals surface area contributed by atoms with Gasteiger partial charge in [0.05, 0.1) is 0 Å². The Morgan fingerprint density at radius 1 is 1.36 bits per heavy atom. The topological polar surface area (TPSA) is 104 Å². The lowest BCUT2D eigenvalue weighted by Gasteiger charge is -2.11. The number of rotatable bonds is 3. The fourth-order valence-electron chi connectivity index (χ4n) is 0.214. The number of hydrogen-bond acceptors (Lipinski definition) is 3. The molecule has 11 heavy (non-hydrogen) atoms. The molecule has 0 aliphatic heterocycles. The van der Waals surface area contributed by atoms with Gasteiger partial charge in [0.2, 0.25) is 0 Å². The van der Waals surface area contributed by atoms with E-state index >= 15 is 0 Å². The first-order valence-electron chi connectivity index (χ1n) is 2.41. The fraction of sp³-hybridized carbons (Fsp3) is 0.333. The first-order chi connectivity index (χ1) is 4.65. The normalized spacial score (nSPS) is 17.5. The van der Waals surface area contributed by atoms with Crippen LogP contribution in [0.15, 0.2) is 11.9 Å². The van der Waals surface area contributed by atoms with Gasteiger partial charge in [-0.15, -0.1) is 0 Å².